The van der Waals surface area contributed by atoms with Crippen LogP contribution in [-0.2, 0) is 0 Å². The molecule has 0 atom stereocenters. The lowest BCUT2D eigenvalue weighted by Crippen LogP contribution is -2.00. The Labute approximate surface area is 77.2 Å². The van der Waals surface area contributed by atoms with Crippen molar-refractivity contribution in [3.8, 4) is 5.88 Å². The van der Waals surface area contributed by atoms with E-state index in [0.29, 0.717) is 24.1 Å². The van der Waals surface area contributed by atoms with E-state index < -0.39 is 0 Å². The first-order valence-corrected chi connectivity index (χ1v) is 4.35. The first kappa shape index (κ1) is 8.06. The highest BCUT2D eigenvalue weighted by Crippen LogP contribution is 2.31. The van der Waals surface area contributed by atoms with Crippen LogP contribution in [0.15, 0.2) is 18.3 Å². The third-order valence-electron chi connectivity index (χ3n) is 2.02. The van der Waals surface area contributed by atoms with E-state index >= 15 is 0 Å². The Hall–Kier alpha value is -1.56. The maximum atomic E-state index is 6.89. The molecule has 3 nitrogen and oxygen atoms in total. The maximum Gasteiger partial charge on any atom is 0.247 e. The molecule has 0 radical (unpaired) electrons. The van der Waals surface area contributed by atoms with Gasteiger partial charge in [-0.2, -0.15) is 0 Å². The number of aromatic nitrogens is 1. The Morgan fingerprint density at radius 3 is 3.15 bits per heavy atom. The average molecular weight is 174 g/mol. The van der Waals surface area contributed by atoms with Crippen LogP contribution < -0.4 is 4.74 Å². The molecule has 66 valence electrons. The quantitative estimate of drug-likeness (QED) is 0.658. The van der Waals surface area contributed by atoms with Crippen molar-refractivity contribution in [1.82, 2.24) is 4.98 Å². The highest BCUT2D eigenvalue weighted by Gasteiger charge is 2.22. The van der Waals surface area contributed by atoms with Crippen LogP contribution in [0.2, 0.25) is 0 Å². The van der Waals surface area contributed by atoms with Gasteiger partial charge in [-0.25, -0.2) is 9.83 Å². The fourth-order valence-electron chi connectivity index (χ4n) is 1.06. The lowest BCUT2D eigenvalue weighted by molar-refractivity contribution is 0.290. The van der Waals surface area contributed by atoms with Crippen LogP contribution in [0.25, 0.3) is 4.85 Å². The summed E-state index contributed by atoms with van der Waals surface area (Å²) in [5.74, 6) is 1.17. The summed E-state index contributed by atoms with van der Waals surface area (Å²) in [5.41, 5.74) is 0.503. The Morgan fingerprint density at radius 1 is 1.62 bits per heavy atom. The van der Waals surface area contributed by atoms with Crippen molar-refractivity contribution in [3.05, 3.63) is 29.7 Å². The van der Waals surface area contributed by atoms with Gasteiger partial charge in [-0.1, -0.05) is 6.07 Å². The van der Waals surface area contributed by atoms with Crippen molar-refractivity contribution in [2.75, 3.05) is 6.61 Å². The lowest BCUT2D eigenvalue weighted by atomic mass is 10.4. The van der Waals surface area contributed by atoms with E-state index in [1.807, 2.05) is 0 Å². The van der Waals surface area contributed by atoms with Gasteiger partial charge < -0.3 is 4.74 Å². The molecule has 1 fully saturated rings. The Balaban J connectivity index is 2.05. The number of hydrogen-bond acceptors (Lipinski definition) is 2. The van der Waals surface area contributed by atoms with Crippen LogP contribution in [0.4, 0.5) is 5.69 Å². The Kier molecular flexibility index (Phi) is 2.13. The highest BCUT2D eigenvalue weighted by molar-refractivity contribution is 5.52. The maximum absolute atomic E-state index is 6.89. The molecule has 0 aromatic carbocycles. The van der Waals surface area contributed by atoms with E-state index in [1.165, 1.54) is 12.8 Å². The van der Waals surface area contributed by atoms with E-state index in [0.717, 1.165) is 0 Å². The predicted molar refractivity (Wildman–Crippen MR) is 48.7 cm³/mol. The number of rotatable bonds is 3. The van der Waals surface area contributed by atoms with Crippen molar-refractivity contribution < 1.29 is 4.74 Å². The summed E-state index contributed by atoms with van der Waals surface area (Å²) >= 11 is 0. The third-order valence-corrected chi connectivity index (χ3v) is 2.02. The molecule has 0 bridgehead atoms. The van der Waals surface area contributed by atoms with Crippen LogP contribution in [0, 0.1) is 12.5 Å². The SMILES string of the molecule is [C-]#[N+]c1cccnc1OCC1CC1. The van der Waals surface area contributed by atoms with Crippen LogP contribution in [-0.4, -0.2) is 11.6 Å². The smallest absolute Gasteiger partial charge is 0.247 e. The summed E-state index contributed by atoms with van der Waals surface area (Å²) in [6.07, 6.45) is 4.15. The molecule has 0 amide bonds. The largest absolute Gasteiger partial charge is 0.486 e. The van der Waals surface area contributed by atoms with Crippen LogP contribution in [0.1, 0.15) is 12.8 Å². The van der Waals surface area contributed by atoms with Crippen LogP contribution >= 0.6 is 0 Å². The normalized spacial score (nSPS) is 15.0. The van der Waals surface area contributed by atoms with Crippen LogP contribution in [0.5, 0.6) is 5.88 Å². The number of nitrogens with zero attached hydrogens (tertiary/aromatic N) is 2. The van der Waals surface area contributed by atoms with Crippen molar-refractivity contribution in [1.29, 1.82) is 0 Å². The number of ether oxygens (including phenoxy) is 1. The Morgan fingerprint density at radius 2 is 2.46 bits per heavy atom. The van der Waals surface area contributed by atoms with Gasteiger partial charge in [0.05, 0.1) is 13.2 Å². The van der Waals surface area contributed by atoms with Gasteiger partial charge in [-0.05, 0) is 24.8 Å². The van der Waals surface area contributed by atoms with Gasteiger partial charge in [0.2, 0.25) is 11.6 Å². The second kappa shape index (κ2) is 3.44. The van der Waals surface area contributed by atoms with Gasteiger partial charge in [0.25, 0.3) is 0 Å². The summed E-state index contributed by atoms with van der Waals surface area (Å²) in [4.78, 5) is 7.34. The summed E-state index contributed by atoms with van der Waals surface area (Å²) < 4.78 is 5.43. The van der Waals surface area contributed by atoms with E-state index in [2.05, 4.69) is 9.83 Å². The zero-order valence-corrected chi connectivity index (χ0v) is 7.23. The minimum atomic E-state index is 0.476. The van der Waals surface area contributed by atoms with Gasteiger partial charge in [0.1, 0.15) is 0 Å². The molecule has 1 aromatic rings. The second-order valence-electron chi connectivity index (χ2n) is 3.19. The number of hydrogen-bond donors (Lipinski definition) is 0. The fourth-order valence-corrected chi connectivity index (χ4v) is 1.06. The van der Waals surface area contributed by atoms with Crippen molar-refractivity contribution in [2.45, 2.75) is 12.8 Å². The van der Waals surface area contributed by atoms with E-state index in [-0.39, 0.29) is 0 Å². The molecular formula is C10H10N2O. The third kappa shape index (κ3) is 1.97. The zero-order chi connectivity index (χ0) is 9.10. The molecule has 0 unspecified atom stereocenters. The molecule has 1 heterocycles. The molecule has 0 spiro atoms. The standard InChI is InChI=1S/C10H10N2O/c1-11-9-3-2-6-12-10(9)13-7-8-4-5-8/h2-3,6,8H,4-5,7H2. The molecule has 2 rings (SSSR count). The molecule has 3 heteroatoms. The minimum absolute atomic E-state index is 0.476. The number of pyridine rings is 1. The molecule has 1 saturated carbocycles. The predicted octanol–water partition coefficient (Wildman–Crippen LogP) is 2.42. The Bertz CT molecular complexity index is 339. The molecule has 0 N–H and O–H groups in total. The molecule has 1 aromatic heterocycles. The topological polar surface area (TPSA) is 26.5 Å². The van der Waals surface area contributed by atoms with E-state index in [9.17, 15) is 0 Å². The molecule has 13 heavy (non-hydrogen) atoms. The molecule has 1 aliphatic carbocycles. The van der Waals surface area contributed by atoms with E-state index in [1.54, 1.807) is 18.3 Å². The van der Waals surface area contributed by atoms with Crippen molar-refractivity contribution in [2.24, 2.45) is 5.92 Å². The first-order chi connectivity index (χ1) is 6.40. The van der Waals surface area contributed by atoms with E-state index in [4.69, 9.17) is 11.3 Å². The summed E-state index contributed by atoms with van der Waals surface area (Å²) in [7, 11) is 0. The van der Waals surface area contributed by atoms with Gasteiger partial charge in [-0.3, -0.25) is 0 Å². The molecule has 0 aliphatic heterocycles. The first-order valence-electron chi connectivity index (χ1n) is 4.35. The molecule has 0 saturated heterocycles. The molecular weight excluding hydrogens is 164 g/mol. The average Bonchev–Trinajstić information content (AvgIpc) is 2.99. The fraction of sp³-hybridized carbons (Fsp3) is 0.400. The van der Waals surface area contributed by atoms with Crippen molar-refractivity contribution in [3.63, 3.8) is 0 Å². The summed E-state index contributed by atoms with van der Waals surface area (Å²) in [5, 5.41) is 0. The lowest BCUT2D eigenvalue weighted by Gasteiger charge is -2.04. The highest BCUT2D eigenvalue weighted by atomic mass is 16.5. The van der Waals surface area contributed by atoms with Gasteiger partial charge in [0.15, 0.2) is 0 Å². The zero-order valence-electron chi connectivity index (χ0n) is 7.23. The summed E-state index contributed by atoms with van der Waals surface area (Å²) in [6, 6.07) is 3.47. The van der Waals surface area contributed by atoms with Gasteiger partial charge in [-0.15, -0.1) is 0 Å². The monoisotopic (exact) mass is 174 g/mol. The second-order valence-corrected chi connectivity index (χ2v) is 3.19. The molecule has 1 aliphatic rings. The minimum Gasteiger partial charge on any atom is -0.486 e. The summed E-state index contributed by atoms with van der Waals surface area (Å²) in [6.45, 7) is 7.60. The van der Waals surface area contributed by atoms with Gasteiger partial charge >= 0.3 is 0 Å². The van der Waals surface area contributed by atoms with Crippen LogP contribution in [0.3, 0.4) is 0 Å². The van der Waals surface area contributed by atoms with Gasteiger partial charge in [0, 0.05) is 6.20 Å². The van der Waals surface area contributed by atoms with Crippen molar-refractivity contribution >= 4 is 5.69 Å².